The molecule has 70 heavy (non-hydrogen) atoms. The van der Waals surface area contributed by atoms with Crippen LogP contribution in [0.5, 0.6) is 0 Å². The topological polar surface area (TPSA) is 158 Å². The molecule has 15 nitrogen and oxygen atoms in total. The number of anilines is 4. The minimum Gasteiger partial charge on any atom is -0.325 e. The van der Waals surface area contributed by atoms with Gasteiger partial charge < -0.3 is 20.4 Å². The van der Waals surface area contributed by atoms with Crippen molar-refractivity contribution in [3.63, 3.8) is 0 Å². The summed E-state index contributed by atoms with van der Waals surface area (Å²) in [4.78, 5) is 34.2. The third-order valence-corrected chi connectivity index (χ3v) is 12.3. The van der Waals surface area contributed by atoms with Gasteiger partial charge in [0.05, 0.1) is 28.6 Å². The number of pyridine rings is 2. The van der Waals surface area contributed by atoms with Crippen molar-refractivity contribution in [3.8, 4) is 22.8 Å². The Bertz CT molecular complexity index is 3050. The summed E-state index contributed by atoms with van der Waals surface area (Å²) in [5.74, 6) is 1.55. The molecule has 0 spiro atoms. The van der Waals surface area contributed by atoms with E-state index in [0.717, 1.165) is 76.3 Å². The predicted octanol–water partition coefficient (Wildman–Crippen LogP) is 9.62. The average molecular weight is 964 g/mol. The fourth-order valence-electron chi connectivity index (χ4n) is 8.72. The van der Waals surface area contributed by atoms with Crippen LogP contribution in [0.1, 0.15) is 49.2 Å². The Morgan fingerprint density at radius 3 is 1.84 bits per heavy atom. The number of benzene rings is 2. The van der Waals surface area contributed by atoms with Gasteiger partial charge in [-0.25, -0.2) is 34.6 Å². The average Bonchev–Trinajstić information content (AvgIpc) is 3.92. The van der Waals surface area contributed by atoms with Gasteiger partial charge in [0.25, 0.3) is 0 Å². The second kappa shape index (κ2) is 20.9. The van der Waals surface area contributed by atoms with Crippen LogP contribution in [0, 0.1) is 0 Å². The van der Waals surface area contributed by atoms with E-state index in [1.807, 2.05) is 22.9 Å². The number of halogens is 6. The molecule has 0 unspecified atom stereocenters. The van der Waals surface area contributed by atoms with Gasteiger partial charge in [-0.2, -0.15) is 36.5 Å². The molecule has 1 saturated heterocycles. The summed E-state index contributed by atoms with van der Waals surface area (Å²) in [5, 5.41) is 20.0. The third kappa shape index (κ3) is 11.2. The van der Waals surface area contributed by atoms with Crippen LogP contribution < -0.4 is 10.6 Å². The monoisotopic (exact) mass is 963 g/mol. The number of H-pyrrole nitrogens is 1. The van der Waals surface area contributed by atoms with E-state index in [2.05, 4.69) is 79.3 Å². The fraction of sp³-hybridized carbons (Fsp3) is 0.347. The molecule has 9 rings (SSSR count). The molecule has 0 saturated carbocycles. The normalized spacial score (nSPS) is 14.0. The van der Waals surface area contributed by atoms with Gasteiger partial charge in [-0.1, -0.05) is 50.2 Å². The van der Waals surface area contributed by atoms with Gasteiger partial charge >= 0.3 is 12.4 Å². The van der Waals surface area contributed by atoms with Crippen molar-refractivity contribution in [1.29, 1.82) is 0 Å². The van der Waals surface area contributed by atoms with Crippen LogP contribution in [-0.4, -0.2) is 117 Å². The van der Waals surface area contributed by atoms with Gasteiger partial charge in [0.2, 0.25) is 0 Å². The number of aromatic nitrogens is 10. The van der Waals surface area contributed by atoms with Crippen LogP contribution in [0.4, 0.5) is 49.6 Å². The molecule has 0 amide bonds. The van der Waals surface area contributed by atoms with Crippen molar-refractivity contribution in [1.82, 2.24) is 64.6 Å². The van der Waals surface area contributed by atoms with Crippen LogP contribution in [0.2, 0.25) is 0 Å². The van der Waals surface area contributed by atoms with Crippen molar-refractivity contribution < 1.29 is 26.3 Å². The van der Waals surface area contributed by atoms with Crippen LogP contribution in [-0.2, 0) is 31.9 Å². The van der Waals surface area contributed by atoms with Gasteiger partial charge in [0.1, 0.15) is 17.5 Å². The van der Waals surface area contributed by atoms with E-state index in [1.165, 1.54) is 30.3 Å². The Balaban J connectivity index is 0.875. The number of aromatic amines is 1. The molecule has 1 aliphatic rings. The van der Waals surface area contributed by atoms with E-state index in [-0.39, 0.29) is 22.8 Å². The summed E-state index contributed by atoms with van der Waals surface area (Å²) in [6.45, 7) is 11.0. The highest BCUT2D eigenvalue weighted by molar-refractivity contribution is 5.90. The first-order chi connectivity index (χ1) is 33.8. The number of nitrogens with zero attached hydrogens (tertiary/aromatic N) is 12. The summed E-state index contributed by atoms with van der Waals surface area (Å²) >= 11 is 0. The number of fused-ring (bicyclic) bond motifs is 2. The molecule has 1 fully saturated rings. The minimum atomic E-state index is -4.60. The second-order valence-electron chi connectivity index (χ2n) is 17.0. The molecule has 6 aromatic heterocycles. The molecule has 1 aliphatic heterocycles. The van der Waals surface area contributed by atoms with E-state index >= 15 is 0 Å². The number of rotatable bonds is 18. The largest absolute Gasteiger partial charge is 0.417 e. The van der Waals surface area contributed by atoms with Gasteiger partial charge in [0, 0.05) is 73.2 Å². The predicted molar refractivity (Wildman–Crippen MR) is 255 cm³/mol. The van der Waals surface area contributed by atoms with E-state index in [1.54, 1.807) is 36.7 Å². The molecule has 364 valence electrons. The van der Waals surface area contributed by atoms with E-state index in [4.69, 9.17) is 5.10 Å². The summed E-state index contributed by atoms with van der Waals surface area (Å²) in [7, 11) is 0. The number of aryl methyl sites for hydroxylation is 2. The summed E-state index contributed by atoms with van der Waals surface area (Å²) in [6, 6.07) is 21.4. The Morgan fingerprint density at radius 1 is 0.643 bits per heavy atom. The number of alkyl halides is 6. The Hall–Kier alpha value is -7.10. The maximum atomic E-state index is 14.2. The number of nitrogens with one attached hydrogen (secondary N) is 3. The highest BCUT2D eigenvalue weighted by Crippen LogP contribution is 2.38. The first-order valence-electron chi connectivity index (χ1n) is 23.2. The maximum absolute atomic E-state index is 14.2. The van der Waals surface area contributed by atoms with Gasteiger partial charge in [-0.15, -0.1) is 0 Å². The molecule has 7 heterocycles. The minimum absolute atomic E-state index is 0.0252. The zero-order chi connectivity index (χ0) is 48.8. The molecule has 0 bridgehead atoms. The smallest absolute Gasteiger partial charge is 0.325 e. The molecule has 3 N–H and O–H groups in total. The highest BCUT2D eigenvalue weighted by Gasteiger charge is 2.35. The van der Waals surface area contributed by atoms with Crippen LogP contribution >= 0.6 is 0 Å². The summed E-state index contributed by atoms with van der Waals surface area (Å²) < 4.78 is 86.9. The van der Waals surface area contributed by atoms with Crippen molar-refractivity contribution in [3.05, 3.63) is 120 Å². The lowest BCUT2D eigenvalue weighted by atomic mass is 10.1. The van der Waals surface area contributed by atoms with E-state index < -0.39 is 23.5 Å². The van der Waals surface area contributed by atoms with Crippen LogP contribution in [0.3, 0.4) is 0 Å². The molecular formula is C49H51F6N15. The zero-order valence-electron chi connectivity index (χ0n) is 38.6. The van der Waals surface area contributed by atoms with Crippen molar-refractivity contribution in [2.75, 3.05) is 63.0 Å². The van der Waals surface area contributed by atoms with E-state index in [0.29, 0.717) is 77.3 Å². The van der Waals surface area contributed by atoms with Gasteiger partial charge in [-0.3, -0.25) is 10.00 Å². The highest BCUT2D eigenvalue weighted by atomic mass is 19.4. The lowest BCUT2D eigenvalue weighted by Gasteiger charge is -2.34. The first kappa shape index (κ1) is 47.9. The van der Waals surface area contributed by atoms with Crippen molar-refractivity contribution >= 4 is 45.3 Å². The lowest BCUT2D eigenvalue weighted by molar-refractivity contribution is -0.137. The Morgan fingerprint density at radius 2 is 1.21 bits per heavy atom. The molecule has 8 aromatic rings. The summed E-state index contributed by atoms with van der Waals surface area (Å²) in [6.07, 6.45) is -3.40. The zero-order valence-corrected chi connectivity index (χ0v) is 38.6. The maximum Gasteiger partial charge on any atom is 0.417 e. The fourth-order valence-corrected chi connectivity index (χ4v) is 8.72. The molecule has 21 heteroatoms. The van der Waals surface area contributed by atoms with Crippen molar-refractivity contribution in [2.24, 2.45) is 0 Å². The quantitative estimate of drug-likeness (QED) is 0.0699. The molecule has 0 aliphatic carbocycles. The first-order valence-corrected chi connectivity index (χ1v) is 23.2. The second-order valence-corrected chi connectivity index (χ2v) is 17.0. The van der Waals surface area contributed by atoms with E-state index in [9.17, 15) is 26.3 Å². The van der Waals surface area contributed by atoms with Crippen molar-refractivity contribution in [2.45, 2.75) is 58.6 Å². The number of hydrogen-bond acceptors (Lipinski definition) is 13. The molecule has 2 aromatic carbocycles. The Kier molecular flexibility index (Phi) is 14.3. The number of piperazine rings is 1. The van der Waals surface area contributed by atoms with Gasteiger partial charge in [0.15, 0.2) is 28.8 Å². The Labute approximate surface area is 399 Å². The van der Waals surface area contributed by atoms with Crippen LogP contribution in [0.15, 0.2) is 97.3 Å². The lowest BCUT2D eigenvalue weighted by Crippen LogP contribution is -2.47. The number of hydrogen-bond donors (Lipinski definition) is 3. The third-order valence-electron chi connectivity index (χ3n) is 12.3. The van der Waals surface area contributed by atoms with Gasteiger partial charge in [-0.05, 0) is 88.3 Å². The SMILES string of the molecule is CCN(CC)CCCc1cc(Nc2nn(CN3CCN(CCCc4cc(Nc5[nH]nc6ncccc56)nc(-c5ccccc5C(F)(F)F)n4)CC3)c3ncccc23)nc(-c2ccccc2C(F)(F)F)n1. The summed E-state index contributed by atoms with van der Waals surface area (Å²) in [5.41, 5.74) is 0.471. The molecule has 0 atom stereocenters. The standard InChI is InChI=1S/C49H51F6N15/c1-3-67(4-2)23-11-13-32-30-41(61-44(58-32)35-16-6-8-20-39(35)49(53,54)55)63-46-37-18-10-22-57-47(37)70(66-46)31-69-27-25-68(26-28-69)24-12-14-33-29-40(62-45-36-17-9-21-56-42(36)64-65-45)60-43(59-33)34-15-5-7-19-38(34)48(50,51)52/h5-10,15-22,29-30H,3-4,11-14,23-28,31H2,1-2H3,(H,58,61,63,66)(H2,56,59,60,62,64,65). The van der Waals surface area contributed by atoms with Crippen LogP contribution in [0.25, 0.3) is 44.8 Å². The molecule has 0 radical (unpaired) electrons. The molecular weight excluding hydrogens is 913 g/mol.